The van der Waals surface area contributed by atoms with E-state index in [1.54, 1.807) is 0 Å². The third-order valence-electron chi connectivity index (χ3n) is 4.45. The Labute approximate surface area is 156 Å². The van der Waals surface area contributed by atoms with Gasteiger partial charge in [-0.2, -0.15) is 4.99 Å². The molecule has 140 valence electrons. The van der Waals surface area contributed by atoms with Gasteiger partial charge < -0.3 is 14.8 Å². The molecule has 2 atom stereocenters. The Morgan fingerprint density at radius 2 is 2.00 bits per heavy atom. The van der Waals surface area contributed by atoms with Crippen LogP contribution < -0.4 is 10.0 Å². The molecule has 0 saturated carbocycles. The van der Waals surface area contributed by atoms with Crippen LogP contribution in [0.25, 0.3) is 0 Å². The number of hydrogen-bond acceptors (Lipinski definition) is 6. The van der Waals surface area contributed by atoms with Crippen LogP contribution in [0.3, 0.4) is 0 Å². The molecule has 2 fully saturated rings. The highest BCUT2D eigenvalue weighted by atomic mass is 32.2. The Bertz CT molecular complexity index is 894. The van der Waals surface area contributed by atoms with Crippen LogP contribution in [0.2, 0.25) is 0 Å². The molecule has 0 spiro atoms. The standard InChI is InChI=1S/C17H20N2O5S2/c1-10-3-4-11(2)12(7-10)19-13-8-26(23,24)9-14(13)25-17(19)18-15(20)5-6-16(21)22/h3-4,7,13-14H,5-6,8-9H2,1-2H3,(H,21,22)/p-1/t13-,14-/m1/s1. The number of hydrogen-bond donors (Lipinski definition) is 0. The average Bonchev–Trinajstić information content (AvgIpc) is 2.99. The Balaban J connectivity index is 1.97. The molecular formula is C17H19N2O5S2-. The highest BCUT2D eigenvalue weighted by Gasteiger charge is 2.49. The van der Waals surface area contributed by atoms with E-state index < -0.39 is 21.7 Å². The second kappa shape index (κ2) is 7.03. The Kier molecular flexibility index (Phi) is 5.12. The van der Waals surface area contributed by atoms with Gasteiger partial charge in [-0.1, -0.05) is 23.9 Å². The molecule has 7 nitrogen and oxygen atoms in total. The number of sulfone groups is 1. The molecule has 26 heavy (non-hydrogen) atoms. The van der Waals surface area contributed by atoms with Gasteiger partial charge in [0.1, 0.15) is 0 Å². The van der Waals surface area contributed by atoms with Crippen molar-refractivity contribution < 1.29 is 23.1 Å². The van der Waals surface area contributed by atoms with Gasteiger partial charge in [-0.3, -0.25) is 4.79 Å². The van der Waals surface area contributed by atoms with Crippen molar-refractivity contribution in [3.05, 3.63) is 29.3 Å². The molecule has 0 aliphatic carbocycles. The summed E-state index contributed by atoms with van der Waals surface area (Å²) in [5.41, 5.74) is 2.80. The van der Waals surface area contributed by atoms with E-state index in [2.05, 4.69) is 4.99 Å². The van der Waals surface area contributed by atoms with E-state index in [0.717, 1.165) is 16.8 Å². The largest absolute Gasteiger partial charge is 0.550 e. The number of amides is 1. The SMILES string of the molecule is Cc1ccc(C)c(N2C(=NC(=O)CCC(=O)[O-])S[C@@H]3CS(=O)(=O)C[C@H]32)c1. The lowest BCUT2D eigenvalue weighted by molar-refractivity contribution is -0.305. The second-order valence-electron chi connectivity index (χ2n) is 6.62. The Hall–Kier alpha value is -1.87. The molecule has 0 aromatic heterocycles. The molecule has 0 unspecified atom stereocenters. The minimum Gasteiger partial charge on any atom is -0.550 e. The zero-order valence-corrected chi connectivity index (χ0v) is 16.1. The first-order valence-electron chi connectivity index (χ1n) is 8.21. The van der Waals surface area contributed by atoms with Crippen LogP contribution in [-0.4, -0.2) is 48.3 Å². The van der Waals surface area contributed by atoms with Gasteiger partial charge in [0.2, 0.25) is 5.91 Å². The number of carboxylic acid groups (broad SMARTS) is 1. The van der Waals surface area contributed by atoms with Crippen molar-refractivity contribution in [1.29, 1.82) is 0 Å². The number of carbonyl (C=O) groups is 2. The summed E-state index contributed by atoms with van der Waals surface area (Å²) < 4.78 is 24.1. The average molecular weight is 395 g/mol. The lowest BCUT2D eigenvalue weighted by atomic mass is 10.1. The molecule has 9 heteroatoms. The summed E-state index contributed by atoms with van der Waals surface area (Å²) >= 11 is 1.28. The number of rotatable bonds is 4. The Morgan fingerprint density at radius 1 is 1.27 bits per heavy atom. The summed E-state index contributed by atoms with van der Waals surface area (Å²) in [6, 6.07) is 5.58. The molecule has 1 aromatic carbocycles. The van der Waals surface area contributed by atoms with Crippen molar-refractivity contribution in [2.75, 3.05) is 16.4 Å². The van der Waals surface area contributed by atoms with Gasteiger partial charge in [-0.25, -0.2) is 8.42 Å². The molecule has 2 heterocycles. The van der Waals surface area contributed by atoms with Crippen molar-refractivity contribution in [2.24, 2.45) is 4.99 Å². The number of aliphatic carboxylic acids is 1. The summed E-state index contributed by atoms with van der Waals surface area (Å²) in [5, 5.41) is 10.8. The number of aryl methyl sites for hydroxylation is 2. The fourth-order valence-electron chi connectivity index (χ4n) is 3.20. The summed E-state index contributed by atoms with van der Waals surface area (Å²) in [4.78, 5) is 28.5. The highest BCUT2D eigenvalue weighted by molar-refractivity contribution is 8.16. The number of carboxylic acids is 1. The van der Waals surface area contributed by atoms with Gasteiger partial charge in [0.05, 0.1) is 17.5 Å². The predicted molar refractivity (Wildman–Crippen MR) is 98.9 cm³/mol. The number of nitrogens with zero attached hydrogens (tertiary/aromatic N) is 2. The lowest BCUT2D eigenvalue weighted by Gasteiger charge is -2.26. The van der Waals surface area contributed by atoms with Crippen molar-refractivity contribution in [2.45, 2.75) is 38.0 Å². The maximum Gasteiger partial charge on any atom is 0.248 e. The van der Waals surface area contributed by atoms with Crippen LogP contribution in [0.4, 0.5) is 5.69 Å². The topological polar surface area (TPSA) is 107 Å². The smallest absolute Gasteiger partial charge is 0.248 e. The molecule has 0 N–H and O–H groups in total. The molecule has 1 amide bonds. The van der Waals surface area contributed by atoms with Crippen molar-refractivity contribution in [1.82, 2.24) is 0 Å². The monoisotopic (exact) mass is 395 g/mol. The maximum atomic E-state index is 12.1. The highest BCUT2D eigenvalue weighted by Crippen LogP contribution is 2.42. The van der Waals surface area contributed by atoms with Crippen LogP contribution in [0.5, 0.6) is 0 Å². The number of thioether (sulfide) groups is 1. The third kappa shape index (κ3) is 3.93. The summed E-state index contributed by atoms with van der Waals surface area (Å²) in [6.45, 7) is 3.86. The molecule has 2 aliphatic heterocycles. The number of carbonyl (C=O) groups excluding carboxylic acids is 2. The first kappa shape index (κ1) is 18.9. The molecule has 1 aromatic rings. The minimum atomic E-state index is -3.13. The van der Waals surface area contributed by atoms with Gasteiger partial charge in [-0.15, -0.1) is 0 Å². The predicted octanol–water partition coefficient (Wildman–Crippen LogP) is 0.435. The van der Waals surface area contributed by atoms with Crippen LogP contribution >= 0.6 is 11.8 Å². The van der Waals surface area contributed by atoms with E-state index >= 15 is 0 Å². The van der Waals surface area contributed by atoms with E-state index in [1.165, 1.54) is 11.8 Å². The number of benzene rings is 1. The third-order valence-corrected chi connectivity index (χ3v) is 7.66. The zero-order chi connectivity index (χ0) is 19.1. The number of anilines is 1. The van der Waals surface area contributed by atoms with Gasteiger partial charge in [0.15, 0.2) is 15.0 Å². The van der Waals surface area contributed by atoms with Crippen molar-refractivity contribution >= 4 is 44.3 Å². The molecule has 0 bridgehead atoms. The van der Waals surface area contributed by atoms with Crippen LogP contribution in [0.1, 0.15) is 24.0 Å². The maximum absolute atomic E-state index is 12.1. The molecule has 2 saturated heterocycles. The normalized spacial score (nSPS) is 25.5. The van der Waals surface area contributed by atoms with Crippen LogP contribution in [0.15, 0.2) is 23.2 Å². The van der Waals surface area contributed by atoms with E-state index in [0.29, 0.717) is 5.17 Å². The van der Waals surface area contributed by atoms with E-state index in [-0.39, 0.29) is 35.6 Å². The summed E-state index contributed by atoms with van der Waals surface area (Å²) in [5.74, 6) is -1.78. The number of fused-ring (bicyclic) bond motifs is 1. The molecule has 0 radical (unpaired) electrons. The Morgan fingerprint density at radius 3 is 2.69 bits per heavy atom. The first-order valence-corrected chi connectivity index (χ1v) is 10.9. The van der Waals surface area contributed by atoms with Crippen LogP contribution in [-0.2, 0) is 19.4 Å². The summed E-state index contributed by atoms with van der Waals surface area (Å²) in [6.07, 6.45) is -0.619. The zero-order valence-electron chi connectivity index (χ0n) is 14.5. The fourth-order valence-corrected chi connectivity index (χ4v) is 7.12. The van der Waals surface area contributed by atoms with Gasteiger partial charge in [0, 0.05) is 23.3 Å². The first-order chi connectivity index (χ1) is 12.2. The van der Waals surface area contributed by atoms with Gasteiger partial charge in [0.25, 0.3) is 0 Å². The van der Waals surface area contributed by atoms with Crippen molar-refractivity contribution in [3.8, 4) is 0 Å². The van der Waals surface area contributed by atoms with E-state index in [1.807, 2.05) is 36.9 Å². The molecule has 3 rings (SSSR count). The second-order valence-corrected chi connectivity index (χ2v) is 9.98. The van der Waals surface area contributed by atoms with Crippen molar-refractivity contribution in [3.63, 3.8) is 0 Å². The van der Waals surface area contributed by atoms with E-state index in [4.69, 9.17) is 0 Å². The molecular weight excluding hydrogens is 376 g/mol. The van der Waals surface area contributed by atoms with Gasteiger partial charge in [-0.05, 0) is 37.5 Å². The number of aliphatic imine (C=N–C) groups is 1. The minimum absolute atomic E-state index is 0.0182. The number of amidine groups is 1. The fraction of sp³-hybridized carbons (Fsp3) is 0.471. The van der Waals surface area contributed by atoms with E-state index in [9.17, 15) is 23.1 Å². The summed E-state index contributed by atoms with van der Waals surface area (Å²) in [7, 11) is -3.13. The molecule has 2 aliphatic rings. The lowest BCUT2D eigenvalue weighted by Crippen LogP contribution is -2.38. The van der Waals surface area contributed by atoms with Crippen LogP contribution in [0, 0.1) is 13.8 Å². The van der Waals surface area contributed by atoms with Gasteiger partial charge >= 0.3 is 0 Å². The quantitative estimate of drug-likeness (QED) is 0.728.